The summed E-state index contributed by atoms with van der Waals surface area (Å²) in [4.78, 5) is 35.3. The van der Waals surface area contributed by atoms with Crippen LogP contribution < -0.4 is 5.56 Å². The highest BCUT2D eigenvalue weighted by atomic mass is 35.5. The number of Topliss-reactive ketones (excluding diaryl/α,β-unsaturated/α-hetero) is 1. The van der Waals surface area contributed by atoms with Crippen molar-refractivity contribution in [2.45, 2.75) is 24.3 Å². The minimum absolute atomic E-state index is 0.0668. The molecule has 0 amide bonds. The molecule has 0 aliphatic carbocycles. The number of halogens is 1. The number of aryl methyl sites for hydroxylation is 1. The fraction of sp³-hybridized carbons (Fsp3) is 0.130. The van der Waals surface area contributed by atoms with Crippen molar-refractivity contribution in [1.29, 1.82) is 0 Å². The van der Waals surface area contributed by atoms with Crippen molar-refractivity contribution in [2.24, 2.45) is 0 Å². The Bertz CT molecular complexity index is 1300. The molecule has 30 heavy (non-hydrogen) atoms. The molecule has 4 aromatic rings. The number of hydrogen-bond acceptors (Lipinski definition) is 5. The fourth-order valence-electron chi connectivity index (χ4n) is 3.10. The standard InChI is InChI=1S/C23H18ClN3O2S/c1-14-11-12-25-20(13-14)27-22(29)18-5-3-4-6-19(18)26-23(27)30-15(2)21(28)16-7-9-17(24)10-8-16/h3-13,15H,1-2H3. The van der Waals surface area contributed by atoms with Crippen LogP contribution in [0.4, 0.5) is 0 Å². The third kappa shape index (κ3) is 4.01. The van der Waals surface area contributed by atoms with E-state index in [0.29, 0.717) is 32.5 Å². The lowest BCUT2D eigenvalue weighted by molar-refractivity contribution is 0.0994. The van der Waals surface area contributed by atoms with Crippen LogP contribution in [0.1, 0.15) is 22.8 Å². The number of hydrogen-bond donors (Lipinski definition) is 0. The van der Waals surface area contributed by atoms with Gasteiger partial charge in [-0.15, -0.1) is 0 Å². The first-order valence-corrected chi connectivity index (χ1v) is 10.6. The van der Waals surface area contributed by atoms with E-state index >= 15 is 0 Å². The average Bonchev–Trinajstić information content (AvgIpc) is 2.74. The molecule has 2 aromatic carbocycles. The van der Waals surface area contributed by atoms with E-state index in [1.165, 1.54) is 16.3 Å². The number of ketones is 1. The van der Waals surface area contributed by atoms with Gasteiger partial charge in [0, 0.05) is 16.8 Å². The second-order valence-electron chi connectivity index (χ2n) is 6.87. The van der Waals surface area contributed by atoms with Crippen molar-refractivity contribution in [2.75, 3.05) is 0 Å². The molecule has 0 saturated carbocycles. The molecule has 1 atom stereocenters. The Balaban J connectivity index is 1.81. The Labute approximate surface area is 182 Å². The van der Waals surface area contributed by atoms with Crippen LogP contribution >= 0.6 is 23.4 Å². The summed E-state index contributed by atoms with van der Waals surface area (Å²) in [6.45, 7) is 3.74. The average molecular weight is 436 g/mol. The van der Waals surface area contributed by atoms with Gasteiger partial charge in [0.2, 0.25) is 0 Å². The van der Waals surface area contributed by atoms with E-state index in [1.54, 1.807) is 55.6 Å². The maximum absolute atomic E-state index is 13.3. The number of benzene rings is 2. The second kappa shape index (κ2) is 8.42. The number of thioether (sulfide) groups is 1. The Morgan fingerprint density at radius 2 is 1.83 bits per heavy atom. The number of aromatic nitrogens is 3. The van der Waals surface area contributed by atoms with E-state index in [9.17, 15) is 9.59 Å². The fourth-order valence-corrected chi connectivity index (χ4v) is 4.21. The molecule has 2 aromatic heterocycles. The smallest absolute Gasteiger partial charge is 0.267 e. The molecule has 7 heteroatoms. The molecule has 1 unspecified atom stereocenters. The normalized spacial score (nSPS) is 12.1. The van der Waals surface area contributed by atoms with Gasteiger partial charge in [-0.2, -0.15) is 0 Å². The van der Waals surface area contributed by atoms with Gasteiger partial charge in [0.1, 0.15) is 5.82 Å². The number of rotatable bonds is 5. The Morgan fingerprint density at radius 1 is 1.10 bits per heavy atom. The van der Waals surface area contributed by atoms with E-state index in [2.05, 4.69) is 9.97 Å². The summed E-state index contributed by atoms with van der Waals surface area (Å²) in [5.74, 6) is 0.412. The van der Waals surface area contributed by atoms with Crippen molar-refractivity contribution in [3.05, 3.63) is 93.4 Å². The maximum atomic E-state index is 13.3. The summed E-state index contributed by atoms with van der Waals surface area (Å²) in [5.41, 5.74) is 1.90. The molecule has 0 radical (unpaired) electrons. The quantitative estimate of drug-likeness (QED) is 0.248. The van der Waals surface area contributed by atoms with Crippen molar-refractivity contribution in [1.82, 2.24) is 14.5 Å². The summed E-state index contributed by atoms with van der Waals surface area (Å²) in [6.07, 6.45) is 1.66. The summed E-state index contributed by atoms with van der Waals surface area (Å²) < 4.78 is 1.48. The summed E-state index contributed by atoms with van der Waals surface area (Å²) in [6, 6.07) is 17.6. The van der Waals surface area contributed by atoms with Crippen LogP contribution in [-0.2, 0) is 0 Å². The van der Waals surface area contributed by atoms with Crippen LogP contribution in [0.25, 0.3) is 16.7 Å². The molecule has 0 bridgehead atoms. The number of para-hydroxylation sites is 1. The van der Waals surface area contributed by atoms with Crippen LogP contribution in [0, 0.1) is 6.92 Å². The molecule has 4 rings (SSSR count). The first kappa shape index (κ1) is 20.3. The zero-order valence-corrected chi connectivity index (χ0v) is 17.9. The van der Waals surface area contributed by atoms with Gasteiger partial charge in [-0.3, -0.25) is 9.59 Å². The SMILES string of the molecule is Cc1ccnc(-n2c(SC(C)C(=O)c3ccc(Cl)cc3)nc3ccccc3c2=O)c1. The lowest BCUT2D eigenvalue weighted by Gasteiger charge is -2.15. The maximum Gasteiger partial charge on any atom is 0.267 e. The van der Waals surface area contributed by atoms with Crippen LogP contribution in [-0.4, -0.2) is 25.6 Å². The van der Waals surface area contributed by atoms with Gasteiger partial charge in [0.15, 0.2) is 10.9 Å². The summed E-state index contributed by atoms with van der Waals surface area (Å²) in [5, 5.41) is 1.03. The molecule has 150 valence electrons. The molecular formula is C23H18ClN3O2S. The van der Waals surface area contributed by atoms with Crippen molar-refractivity contribution < 1.29 is 4.79 Å². The van der Waals surface area contributed by atoms with Crippen molar-refractivity contribution in [3.63, 3.8) is 0 Å². The molecule has 0 aliphatic rings. The van der Waals surface area contributed by atoms with Gasteiger partial charge in [-0.05, 0) is 67.9 Å². The monoisotopic (exact) mass is 435 g/mol. The zero-order valence-electron chi connectivity index (χ0n) is 16.4. The minimum atomic E-state index is -0.463. The van der Waals surface area contributed by atoms with Gasteiger partial charge in [0.25, 0.3) is 5.56 Å². The van der Waals surface area contributed by atoms with Gasteiger partial charge in [-0.1, -0.05) is 35.5 Å². The van der Waals surface area contributed by atoms with Crippen LogP contribution in [0.15, 0.2) is 76.8 Å². The van der Waals surface area contributed by atoms with Gasteiger partial charge >= 0.3 is 0 Å². The highest BCUT2D eigenvalue weighted by molar-refractivity contribution is 8.00. The first-order valence-electron chi connectivity index (χ1n) is 9.35. The van der Waals surface area contributed by atoms with E-state index in [0.717, 1.165) is 5.56 Å². The van der Waals surface area contributed by atoms with Gasteiger partial charge in [0.05, 0.1) is 16.2 Å². The Hall–Kier alpha value is -2.96. The van der Waals surface area contributed by atoms with Gasteiger partial charge < -0.3 is 0 Å². The Kier molecular flexibility index (Phi) is 5.70. The number of pyridine rings is 1. The summed E-state index contributed by atoms with van der Waals surface area (Å²) in [7, 11) is 0. The lowest BCUT2D eigenvalue weighted by Crippen LogP contribution is -2.24. The summed E-state index contributed by atoms with van der Waals surface area (Å²) >= 11 is 7.16. The molecule has 0 N–H and O–H groups in total. The van der Waals surface area contributed by atoms with E-state index in [1.807, 2.05) is 25.1 Å². The first-order chi connectivity index (χ1) is 14.4. The second-order valence-corrected chi connectivity index (χ2v) is 8.62. The minimum Gasteiger partial charge on any atom is -0.293 e. The molecule has 5 nitrogen and oxygen atoms in total. The van der Waals surface area contributed by atoms with Crippen LogP contribution in [0.2, 0.25) is 5.02 Å². The Morgan fingerprint density at radius 3 is 2.57 bits per heavy atom. The predicted molar refractivity (Wildman–Crippen MR) is 121 cm³/mol. The van der Waals surface area contributed by atoms with Crippen LogP contribution in [0.3, 0.4) is 0 Å². The van der Waals surface area contributed by atoms with Crippen LogP contribution in [0.5, 0.6) is 0 Å². The van der Waals surface area contributed by atoms with Crippen molar-refractivity contribution in [3.8, 4) is 5.82 Å². The number of fused-ring (bicyclic) bond motifs is 1. The van der Waals surface area contributed by atoms with E-state index < -0.39 is 5.25 Å². The molecular weight excluding hydrogens is 418 g/mol. The molecule has 0 fully saturated rings. The number of carbonyl (C=O) groups is 1. The van der Waals surface area contributed by atoms with E-state index in [-0.39, 0.29) is 11.3 Å². The third-order valence-corrected chi connectivity index (χ3v) is 5.96. The van der Waals surface area contributed by atoms with Crippen molar-refractivity contribution >= 4 is 40.0 Å². The molecule has 0 saturated heterocycles. The van der Waals surface area contributed by atoms with Gasteiger partial charge in [-0.25, -0.2) is 14.5 Å². The topological polar surface area (TPSA) is 64.8 Å². The third-order valence-electron chi connectivity index (χ3n) is 4.66. The zero-order chi connectivity index (χ0) is 21.3. The largest absolute Gasteiger partial charge is 0.293 e. The number of carbonyl (C=O) groups excluding carboxylic acids is 1. The van der Waals surface area contributed by atoms with E-state index in [4.69, 9.17) is 11.6 Å². The molecule has 2 heterocycles. The number of nitrogens with zero attached hydrogens (tertiary/aromatic N) is 3. The molecule has 0 aliphatic heterocycles. The highest BCUT2D eigenvalue weighted by Gasteiger charge is 2.21. The predicted octanol–water partition coefficient (Wildman–Crippen LogP) is 5.11. The molecule has 0 spiro atoms. The lowest BCUT2D eigenvalue weighted by atomic mass is 10.1. The highest BCUT2D eigenvalue weighted by Crippen LogP contribution is 2.27.